The van der Waals surface area contributed by atoms with Crippen LogP contribution in [0.25, 0.3) is 0 Å². The molecule has 2 aliphatic heterocycles. The van der Waals surface area contributed by atoms with Gasteiger partial charge in [0, 0.05) is 12.6 Å². The highest BCUT2D eigenvalue weighted by molar-refractivity contribution is 5.78. The zero-order valence-corrected chi connectivity index (χ0v) is 13.8. The second-order valence-electron chi connectivity index (χ2n) is 6.39. The largest absolute Gasteiger partial charge is 0.486 e. The Bertz CT molecular complexity index is 547. The minimum Gasteiger partial charge on any atom is -0.486 e. The third-order valence-electron chi connectivity index (χ3n) is 4.63. The van der Waals surface area contributed by atoms with E-state index >= 15 is 0 Å². The number of amides is 1. The van der Waals surface area contributed by atoms with E-state index in [0.717, 1.165) is 30.0 Å². The third kappa shape index (κ3) is 4.38. The summed E-state index contributed by atoms with van der Waals surface area (Å²) in [5.41, 5.74) is 1.15. The van der Waals surface area contributed by atoms with Gasteiger partial charge in [0.1, 0.15) is 13.2 Å². The van der Waals surface area contributed by atoms with Gasteiger partial charge in [0.25, 0.3) is 0 Å². The number of piperidine rings is 1. The number of nitrogens with one attached hydrogen (secondary N) is 1. The fraction of sp³-hybridized carbons (Fsp3) is 0.611. The molecule has 1 unspecified atom stereocenters. The number of hydrogen-bond donors (Lipinski definition) is 1. The summed E-state index contributed by atoms with van der Waals surface area (Å²) in [4.78, 5) is 14.4. The first-order chi connectivity index (χ1) is 11.2. The highest BCUT2D eigenvalue weighted by Gasteiger charge is 2.20. The standard InChI is InChI=1S/C18H26N2O3/c1-14-4-2-3-9-20(14)13-18(21)19-8-7-15-5-6-16-17(12-15)23-11-10-22-16/h5-6,12,14H,2-4,7-11,13H2,1H3,(H,19,21). The first-order valence-corrected chi connectivity index (χ1v) is 8.61. The summed E-state index contributed by atoms with van der Waals surface area (Å²) in [7, 11) is 0. The molecule has 2 aliphatic rings. The molecular formula is C18H26N2O3. The van der Waals surface area contributed by atoms with Crippen molar-refractivity contribution in [2.75, 3.05) is 32.8 Å². The summed E-state index contributed by atoms with van der Waals surface area (Å²) in [6.07, 6.45) is 4.49. The van der Waals surface area contributed by atoms with Crippen molar-refractivity contribution in [3.05, 3.63) is 23.8 Å². The number of carbonyl (C=O) groups is 1. The van der Waals surface area contributed by atoms with Crippen LogP contribution in [-0.4, -0.2) is 49.7 Å². The summed E-state index contributed by atoms with van der Waals surface area (Å²) >= 11 is 0. The van der Waals surface area contributed by atoms with Crippen molar-refractivity contribution >= 4 is 5.91 Å². The van der Waals surface area contributed by atoms with Crippen molar-refractivity contribution in [1.82, 2.24) is 10.2 Å². The summed E-state index contributed by atoms with van der Waals surface area (Å²) < 4.78 is 11.1. The van der Waals surface area contributed by atoms with Crippen molar-refractivity contribution in [3.63, 3.8) is 0 Å². The third-order valence-corrected chi connectivity index (χ3v) is 4.63. The summed E-state index contributed by atoms with van der Waals surface area (Å²) in [5, 5.41) is 3.03. The average Bonchev–Trinajstić information content (AvgIpc) is 2.57. The van der Waals surface area contributed by atoms with Crippen molar-refractivity contribution in [2.45, 2.75) is 38.6 Å². The number of ether oxygens (including phenoxy) is 2. The number of rotatable bonds is 5. The van der Waals surface area contributed by atoms with Crippen LogP contribution >= 0.6 is 0 Å². The van der Waals surface area contributed by atoms with Gasteiger partial charge in [0.2, 0.25) is 5.91 Å². The molecule has 0 radical (unpaired) electrons. The highest BCUT2D eigenvalue weighted by atomic mass is 16.6. The molecule has 2 heterocycles. The van der Waals surface area contributed by atoms with Gasteiger partial charge in [0.05, 0.1) is 6.54 Å². The molecule has 126 valence electrons. The van der Waals surface area contributed by atoms with E-state index in [-0.39, 0.29) is 5.91 Å². The number of fused-ring (bicyclic) bond motifs is 1. The molecular weight excluding hydrogens is 292 g/mol. The van der Waals surface area contributed by atoms with Crippen LogP contribution in [0.1, 0.15) is 31.7 Å². The lowest BCUT2D eigenvalue weighted by atomic mass is 10.0. The van der Waals surface area contributed by atoms with Crippen LogP contribution in [0.4, 0.5) is 0 Å². The van der Waals surface area contributed by atoms with Gasteiger partial charge in [-0.05, 0) is 50.4 Å². The first kappa shape index (κ1) is 16.1. The molecule has 0 saturated carbocycles. The van der Waals surface area contributed by atoms with E-state index in [0.29, 0.717) is 32.3 Å². The first-order valence-electron chi connectivity index (χ1n) is 8.61. The molecule has 0 spiro atoms. The lowest BCUT2D eigenvalue weighted by Crippen LogP contribution is -2.44. The molecule has 3 rings (SSSR count). The number of carbonyl (C=O) groups excluding carboxylic acids is 1. The van der Waals surface area contributed by atoms with E-state index in [4.69, 9.17) is 9.47 Å². The maximum absolute atomic E-state index is 12.1. The molecule has 0 aliphatic carbocycles. The molecule has 1 aromatic carbocycles. The fourth-order valence-electron chi connectivity index (χ4n) is 3.22. The monoisotopic (exact) mass is 318 g/mol. The van der Waals surface area contributed by atoms with E-state index in [2.05, 4.69) is 17.1 Å². The molecule has 0 bridgehead atoms. The van der Waals surface area contributed by atoms with E-state index in [9.17, 15) is 4.79 Å². The van der Waals surface area contributed by atoms with Gasteiger partial charge >= 0.3 is 0 Å². The fourth-order valence-corrected chi connectivity index (χ4v) is 3.22. The topological polar surface area (TPSA) is 50.8 Å². The molecule has 1 N–H and O–H groups in total. The molecule has 1 atom stereocenters. The van der Waals surface area contributed by atoms with Gasteiger partial charge in [-0.1, -0.05) is 12.5 Å². The highest BCUT2D eigenvalue weighted by Crippen LogP contribution is 2.30. The van der Waals surface area contributed by atoms with Gasteiger partial charge < -0.3 is 14.8 Å². The zero-order chi connectivity index (χ0) is 16.1. The number of likely N-dealkylation sites (tertiary alicyclic amines) is 1. The number of nitrogens with zero attached hydrogens (tertiary/aromatic N) is 1. The minimum atomic E-state index is 0.122. The Morgan fingerprint density at radius 1 is 1.26 bits per heavy atom. The predicted octanol–water partition coefficient (Wildman–Crippen LogP) is 1.99. The van der Waals surface area contributed by atoms with E-state index < -0.39 is 0 Å². The van der Waals surface area contributed by atoms with Crippen LogP contribution in [0.15, 0.2) is 18.2 Å². The summed E-state index contributed by atoms with van der Waals surface area (Å²) in [6, 6.07) is 6.51. The van der Waals surface area contributed by atoms with Gasteiger partial charge in [-0.2, -0.15) is 0 Å². The second kappa shape index (κ2) is 7.68. The molecule has 1 amide bonds. The van der Waals surface area contributed by atoms with Crippen molar-refractivity contribution in [1.29, 1.82) is 0 Å². The molecule has 5 nitrogen and oxygen atoms in total. The summed E-state index contributed by atoms with van der Waals surface area (Å²) in [5.74, 6) is 1.74. The maximum atomic E-state index is 12.1. The minimum absolute atomic E-state index is 0.122. The van der Waals surface area contributed by atoms with Gasteiger partial charge in [-0.15, -0.1) is 0 Å². The smallest absolute Gasteiger partial charge is 0.234 e. The quantitative estimate of drug-likeness (QED) is 0.902. The molecule has 23 heavy (non-hydrogen) atoms. The van der Waals surface area contributed by atoms with Crippen molar-refractivity contribution in [3.8, 4) is 11.5 Å². The second-order valence-corrected chi connectivity index (χ2v) is 6.39. The van der Waals surface area contributed by atoms with E-state index in [1.54, 1.807) is 0 Å². The predicted molar refractivity (Wildman–Crippen MR) is 89.0 cm³/mol. The lowest BCUT2D eigenvalue weighted by Gasteiger charge is -2.32. The molecule has 5 heteroatoms. The Morgan fingerprint density at radius 2 is 2.09 bits per heavy atom. The summed E-state index contributed by atoms with van der Waals surface area (Å²) in [6.45, 7) is 5.62. The average molecular weight is 318 g/mol. The Balaban J connectivity index is 1.43. The molecule has 1 aromatic rings. The molecule has 0 aromatic heterocycles. The lowest BCUT2D eigenvalue weighted by molar-refractivity contribution is -0.123. The van der Waals surface area contributed by atoms with Crippen LogP contribution in [0.2, 0.25) is 0 Å². The van der Waals surface area contributed by atoms with Crippen molar-refractivity contribution < 1.29 is 14.3 Å². The Kier molecular flexibility index (Phi) is 5.39. The van der Waals surface area contributed by atoms with E-state index in [1.807, 2.05) is 18.2 Å². The number of hydrogen-bond acceptors (Lipinski definition) is 4. The van der Waals surface area contributed by atoms with Gasteiger partial charge in [-0.25, -0.2) is 0 Å². The normalized spacial score (nSPS) is 21.0. The number of benzene rings is 1. The van der Waals surface area contributed by atoms with Gasteiger partial charge in [0.15, 0.2) is 11.5 Å². The van der Waals surface area contributed by atoms with Crippen LogP contribution in [-0.2, 0) is 11.2 Å². The van der Waals surface area contributed by atoms with Crippen LogP contribution in [0.3, 0.4) is 0 Å². The van der Waals surface area contributed by atoms with Crippen LogP contribution in [0, 0.1) is 0 Å². The van der Waals surface area contributed by atoms with Crippen LogP contribution in [0.5, 0.6) is 11.5 Å². The molecule has 1 fully saturated rings. The Labute approximate surface area is 137 Å². The van der Waals surface area contributed by atoms with E-state index in [1.165, 1.54) is 19.3 Å². The maximum Gasteiger partial charge on any atom is 0.234 e. The van der Waals surface area contributed by atoms with Gasteiger partial charge in [-0.3, -0.25) is 9.69 Å². The van der Waals surface area contributed by atoms with Crippen molar-refractivity contribution in [2.24, 2.45) is 0 Å². The zero-order valence-electron chi connectivity index (χ0n) is 13.8. The molecule has 1 saturated heterocycles. The Morgan fingerprint density at radius 3 is 2.91 bits per heavy atom. The Hall–Kier alpha value is -1.75. The SMILES string of the molecule is CC1CCCCN1CC(=O)NCCc1ccc2c(c1)OCCO2. The van der Waals surface area contributed by atoms with Crippen LogP contribution < -0.4 is 14.8 Å².